The minimum absolute atomic E-state index is 0.189. The van der Waals surface area contributed by atoms with Crippen LogP contribution in [0.25, 0.3) is 11.1 Å². The summed E-state index contributed by atoms with van der Waals surface area (Å²) in [5.41, 5.74) is 4.44. The summed E-state index contributed by atoms with van der Waals surface area (Å²) in [4.78, 5) is 0. The van der Waals surface area contributed by atoms with E-state index in [2.05, 4.69) is 11.4 Å². The third-order valence-electron chi connectivity index (χ3n) is 3.63. The maximum Gasteiger partial charge on any atom is 0.123 e. The molecule has 0 aliphatic carbocycles. The van der Waals surface area contributed by atoms with Gasteiger partial charge in [-0.1, -0.05) is 19.1 Å². The van der Waals surface area contributed by atoms with Crippen LogP contribution in [0.2, 0.25) is 0 Å². The van der Waals surface area contributed by atoms with Crippen molar-refractivity contribution in [2.75, 3.05) is 13.2 Å². The zero-order valence-corrected chi connectivity index (χ0v) is 11.6. The number of nitrogens with one attached hydrogen (secondary N) is 1. The summed E-state index contributed by atoms with van der Waals surface area (Å²) in [6, 6.07) is 11.2. The molecule has 0 saturated heterocycles. The Balaban J connectivity index is 2.00. The number of rotatable bonds is 4. The maximum atomic E-state index is 13.5. The van der Waals surface area contributed by atoms with Crippen molar-refractivity contribution in [3.8, 4) is 16.9 Å². The average Bonchev–Trinajstić information content (AvgIpc) is 2.92. The molecule has 2 aromatic rings. The number of benzene rings is 2. The van der Waals surface area contributed by atoms with Crippen molar-refractivity contribution in [3.05, 3.63) is 53.3 Å². The minimum atomic E-state index is -0.189. The second-order valence-corrected chi connectivity index (χ2v) is 5.00. The minimum Gasteiger partial charge on any atom is -0.493 e. The molecular formula is C17H18FNO. The molecular weight excluding hydrogens is 253 g/mol. The van der Waals surface area contributed by atoms with Crippen LogP contribution in [0, 0.1) is 5.82 Å². The zero-order chi connectivity index (χ0) is 13.9. The smallest absolute Gasteiger partial charge is 0.123 e. The van der Waals surface area contributed by atoms with Gasteiger partial charge in [0, 0.05) is 13.0 Å². The fourth-order valence-electron chi connectivity index (χ4n) is 2.60. The predicted octanol–water partition coefficient (Wildman–Crippen LogP) is 3.54. The molecule has 0 unspecified atom stereocenters. The van der Waals surface area contributed by atoms with Crippen molar-refractivity contribution in [1.82, 2.24) is 5.32 Å². The van der Waals surface area contributed by atoms with Gasteiger partial charge in [-0.2, -0.15) is 0 Å². The molecule has 0 radical (unpaired) electrons. The number of hydrogen-bond donors (Lipinski definition) is 1. The molecule has 3 rings (SSSR count). The first-order valence-electron chi connectivity index (χ1n) is 7.03. The van der Waals surface area contributed by atoms with Gasteiger partial charge in [-0.15, -0.1) is 0 Å². The molecule has 1 aliphatic heterocycles. The Morgan fingerprint density at radius 1 is 1.20 bits per heavy atom. The maximum absolute atomic E-state index is 13.5. The highest BCUT2D eigenvalue weighted by Crippen LogP contribution is 2.32. The molecule has 0 fully saturated rings. The first kappa shape index (κ1) is 13.1. The first-order valence-corrected chi connectivity index (χ1v) is 7.03. The lowest BCUT2D eigenvalue weighted by Gasteiger charge is -2.11. The van der Waals surface area contributed by atoms with Crippen LogP contribution in [-0.4, -0.2) is 13.2 Å². The number of hydrogen-bond acceptors (Lipinski definition) is 2. The number of fused-ring (bicyclic) bond motifs is 1. The van der Waals surface area contributed by atoms with E-state index in [9.17, 15) is 4.39 Å². The molecule has 2 nitrogen and oxygen atoms in total. The van der Waals surface area contributed by atoms with Crippen LogP contribution in [0.3, 0.4) is 0 Å². The van der Waals surface area contributed by atoms with E-state index in [-0.39, 0.29) is 5.82 Å². The summed E-state index contributed by atoms with van der Waals surface area (Å²) < 4.78 is 19.0. The summed E-state index contributed by atoms with van der Waals surface area (Å²) in [6.45, 7) is 4.35. The van der Waals surface area contributed by atoms with E-state index in [1.165, 1.54) is 11.6 Å². The van der Waals surface area contributed by atoms with Crippen molar-refractivity contribution in [1.29, 1.82) is 0 Å². The lowest BCUT2D eigenvalue weighted by atomic mass is 9.97. The van der Waals surface area contributed by atoms with Crippen molar-refractivity contribution in [2.45, 2.75) is 19.9 Å². The van der Waals surface area contributed by atoms with Crippen molar-refractivity contribution < 1.29 is 9.13 Å². The van der Waals surface area contributed by atoms with Gasteiger partial charge in [-0.05, 0) is 53.1 Å². The van der Waals surface area contributed by atoms with Crippen LogP contribution in [-0.2, 0) is 13.0 Å². The van der Waals surface area contributed by atoms with Crippen LogP contribution >= 0.6 is 0 Å². The quantitative estimate of drug-likeness (QED) is 0.918. The van der Waals surface area contributed by atoms with E-state index >= 15 is 0 Å². The normalized spacial score (nSPS) is 13.1. The van der Waals surface area contributed by atoms with Crippen molar-refractivity contribution >= 4 is 0 Å². The Kier molecular flexibility index (Phi) is 3.70. The fraction of sp³-hybridized carbons (Fsp3) is 0.294. The van der Waals surface area contributed by atoms with Gasteiger partial charge in [-0.25, -0.2) is 4.39 Å². The number of halogens is 1. The third-order valence-corrected chi connectivity index (χ3v) is 3.63. The fourth-order valence-corrected chi connectivity index (χ4v) is 2.60. The standard InChI is InChI=1S/C17H18FNO/c1-2-19-11-14-10-15(18)4-5-16(14)12-3-6-17-13(9-12)7-8-20-17/h3-6,9-10,19H,2,7-8,11H2,1H3. The van der Waals surface area contributed by atoms with Gasteiger partial charge in [0.25, 0.3) is 0 Å². The Morgan fingerprint density at radius 3 is 2.95 bits per heavy atom. The lowest BCUT2D eigenvalue weighted by molar-refractivity contribution is 0.357. The molecule has 1 N–H and O–H groups in total. The van der Waals surface area contributed by atoms with E-state index in [0.717, 1.165) is 42.0 Å². The summed E-state index contributed by atoms with van der Waals surface area (Å²) in [5, 5.41) is 3.26. The topological polar surface area (TPSA) is 21.3 Å². The van der Waals surface area contributed by atoms with E-state index < -0.39 is 0 Å². The van der Waals surface area contributed by atoms with Gasteiger partial charge in [-0.3, -0.25) is 0 Å². The molecule has 20 heavy (non-hydrogen) atoms. The van der Waals surface area contributed by atoms with Crippen molar-refractivity contribution in [2.24, 2.45) is 0 Å². The van der Waals surface area contributed by atoms with Gasteiger partial charge in [0.1, 0.15) is 11.6 Å². The second kappa shape index (κ2) is 5.63. The Morgan fingerprint density at radius 2 is 2.10 bits per heavy atom. The summed E-state index contributed by atoms with van der Waals surface area (Å²) in [6.07, 6.45) is 0.951. The van der Waals surface area contributed by atoms with Gasteiger partial charge >= 0.3 is 0 Å². The van der Waals surface area contributed by atoms with Crippen LogP contribution in [0.15, 0.2) is 36.4 Å². The van der Waals surface area contributed by atoms with Crippen molar-refractivity contribution in [3.63, 3.8) is 0 Å². The van der Waals surface area contributed by atoms with Gasteiger partial charge in [0.15, 0.2) is 0 Å². The predicted molar refractivity (Wildman–Crippen MR) is 78.4 cm³/mol. The molecule has 0 aromatic heterocycles. The lowest BCUT2D eigenvalue weighted by Crippen LogP contribution is -2.12. The third kappa shape index (κ3) is 2.54. The Hall–Kier alpha value is -1.87. The largest absolute Gasteiger partial charge is 0.493 e. The highest BCUT2D eigenvalue weighted by Gasteiger charge is 2.14. The van der Waals surface area contributed by atoms with E-state index in [1.807, 2.05) is 25.1 Å². The summed E-state index contributed by atoms with van der Waals surface area (Å²) >= 11 is 0. The summed E-state index contributed by atoms with van der Waals surface area (Å²) in [7, 11) is 0. The first-order chi connectivity index (χ1) is 9.78. The van der Waals surface area contributed by atoms with Gasteiger partial charge in [0.2, 0.25) is 0 Å². The molecule has 3 heteroatoms. The number of ether oxygens (including phenoxy) is 1. The van der Waals surface area contributed by atoms with E-state index in [1.54, 1.807) is 6.07 Å². The average molecular weight is 271 g/mol. The van der Waals surface area contributed by atoms with Crippen LogP contribution in [0.4, 0.5) is 4.39 Å². The summed E-state index contributed by atoms with van der Waals surface area (Å²) in [5.74, 6) is 0.787. The van der Waals surface area contributed by atoms with Gasteiger partial charge in [0.05, 0.1) is 6.61 Å². The highest BCUT2D eigenvalue weighted by atomic mass is 19.1. The molecule has 2 aromatic carbocycles. The monoisotopic (exact) mass is 271 g/mol. The van der Waals surface area contributed by atoms with E-state index in [4.69, 9.17) is 4.74 Å². The van der Waals surface area contributed by atoms with Gasteiger partial charge < -0.3 is 10.1 Å². The molecule has 1 aliphatic rings. The molecule has 104 valence electrons. The Bertz CT molecular complexity index is 624. The molecule has 0 amide bonds. The molecule has 1 heterocycles. The van der Waals surface area contributed by atoms with Crippen LogP contribution < -0.4 is 10.1 Å². The highest BCUT2D eigenvalue weighted by molar-refractivity contribution is 5.69. The van der Waals surface area contributed by atoms with Crippen LogP contribution in [0.1, 0.15) is 18.1 Å². The Labute approximate surface area is 118 Å². The SMILES string of the molecule is CCNCc1cc(F)ccc1-c1ccc2c(c1)CCO2. The van der Waals surface area contributed by atoms with Crippen LogP contribution in [0.5, 0.6) is 5.75 Å². The molecule has 0 saturated carbocycles. The zero-order valence-electron chi connectivity index (χ0n) is 11.6. The molecule has 0 spiro atoms. The second-order valence-electron chi connectivity index (χ2n) is 5.00. The molecule has 0 atom stereocenters. The van der Waals surface area contributed by atoms with E-state index in [0.29, 0.717) is 6.54 Å². The molecule has 0 bridgehead atoms.